The quantitative estimate of drug-likeness (QED) is 0.340. The number of ether oxygens (including phenoxy) is 2. The van der Waals surface area contributed by atoms with E-state index < -0.39 is 11.7 Å². The SMILES string of the molecule is CN=C(NCCCOC1CCOC1)NCCNc1ncccc1C(F)(F)F. The van der Waals surface area contributed by atoms with Crippen molar-refractivity contribution in [3.8, 4) is 0 Å². The molecule has 0 radical (unpaired) electrons. The molecule has 1 saturated heterocycles. The minimum atomic E-state index is -4.44. The lowest BCUT2D eigenvalue weighted by molar-refractivity contribution is -0.137. The van der Waals surface area contributed by atoms with Gasteiger partial charge in [0.1, 0.15) is 5.82 Å². The zero-order chi connectivity index (χ0) is 19.5. The Kier molecular flexibility index (Phi) is 8.59. The maximum atomic E-state index is 12.9. The van der Waals surface area contributed by atoms with E-state index in [0.717, 1.165) is 25.5 Å². The number of hydrogen-bond acceptors (Lipinski definition) is 5. The third-order valence-electron chi connectivity index (χ3n) is 3.90. The van der Waals surface area contributed by atoms with Crippen LogP contribution in [0.1, 0.15) is 18.4 Å². The summed E-state index contributed by atoms with van der Waals surface area (Å²) in [5.74, 6) is 0.404. The average molecular weight is 389 g/mol. The van der Waals surface area contributed by atoms with Gasteiger partial charge < -0.3 is 25.4 Å². The minimum Gasteiger partial charge on any atom is -0.379 e. The van der Waals surface area contributed by atoms with Crippen LogP contribution in [0.15, 0.2) is 23.3 Å². The summed E-state index contributed by atoms with van der Waals surface area (Å²) in [6.07, 6.45) is -1.16. The molecule has 3 N–H and O–H groups in total. The number of aromatic nitrogens is 1. The average Bonchev–Trinajstić information content (AvgIpc) is 3.16. The Morgan fingerprint density at radius 2 is 2.15 bits per heavy atom. The molecule has 0 aliphatic carbocycles. The highest BCUT2D eigenvalue weighted by Gasteiger charge is 2.33. The molecule has 0 amide bonds. The standard InChI is InChI=1S/C17H26F3N5O2/c1-21-16(24-7-3-10-27-13-5-11-26-12-13)25-9-8-23-15-14(17(18,19)20)4-2-6-22-15/h2,4,6,13H,3,5,7-12H2,1H3,(H,22,23)(H2,21,24,25). The maximum Gasteiger partial charge on any atom is 0.419 e. The molecule has 1 aliphatic heterocycles. The van der Waals surface area contributed by atoms with Gasteiger partial charge in [0.15, 0.2) is 5.96 Å². The van der Waals surface area contributed by atoms with Gasteiger partial charge in [0, 0.05) is 46.1 Å². The second kappa shape index (κ2) is 10.9. The molecule has 2 rings (SSSR count). The van der Waals surface area contributed by atoms with E-state index in [1.165, 1.54) is 12.3 Å². The lowest BCUT2D eigenvalue weighted by Crippen LogP contribution is -2.40. The van der Waals surface area contributed by atoms with Crippen LogP contribution in [0, 0.1) is 0 Å². The van der Waals surface area contributed by atoms with Crippen LogP contribution in [-0.2, 0) is 15.7 Å². The number of nitrogens with one attached hydrogen (secondary N) is 3. The molecule has 0 saturated carbocycles. The van der Waals surface area contributed by atoms with E-state index in [-0.39, 0.29) is 18.5 Å². The Balaban J connectivity index is 1.61. The number of rotatable bonds is 9. The molecule has 0 bridgehead atoms. The predicted molar refractivity (Wildman–Crippen MR) is 96.9 cm³/mol. The molecule has 2 heterocycles. The van der Waals surface area contributed by atoms with E-state index in [9.17, 15) is 13.2 Å². The molecule has 0 aromatic carbocycles. The smallest absolute Gasteiger partial charge is 0.379 e. The van der Waals surface area contributed by atoms with Crippen LogP contribution in [0.3, 0.4) is 0 Å². The van der Waals surface area contributed by atoms with Gasteiger partial charge in [-0.05, 0) is 25.0 Å². The van der Waals surface area contributed by atoms with Gasteiger partial charge in [-0.3, -0.25) is 4.99 Å². The number of halogens is 3. The van der Waals surface area contributed by atoms with Crippen molar-refractivity contribution in [2.75, 3.05) is 51.8 Å². The highest BCUT2D eigenvalue weighted by atomic mass is 19.4. The van der Waals surface area contributed by atoms with Crippen LogP contribution in [0.2, 0.25) is 0 Å². The highest BCUT2D eigenvalue weighted by Crippen LogP contribution is 2.33. The Hall–Kier alpha value is -2.07. The molecule has 10 heteroatoms. The van der Waals surface area contributed by atoms with Crippen molar-refractivity contribution >= 4 is 11.8 Å². The van der Waals surface area contributed by atoms with Crippen LogP contribution < -0.4 is 16.0 Å². The first-order valence-corrected chi connectivity index (χ1v) is 8.90. The van der Waals surface area contributed by atoms with Gasteiger partial charge in [-0.1, -0.05) is 0 Å². The van der Waals surface area contributed by atoms with E-state index in [1.54, 1.807) is 7.05 Å². The molecule has 0 spiro atoms. The number of anilines is 1. The van der Waals surface area contributed by atoms with Crippen molar-refractivity contribution in [2.45, 2.75) is 25.1 Å². The molecular formula is C17H26F3N5O2. The largest absolute Gasteiger partial charge is 0.419 e. The highest BCUT2D eigenvalue weighted by molar-refractivity contribution is 5.79. The summed E-state index contributed by atoms with van der Waals surface area (Å²) in [5, 5.41) is 8.87. The van der Waals surface area contributed by atoms with E-state index >= 15 is 0 Å². The van der Waals surface area contributed by atoms with Crippen LogP contribution in [0.5, 0.6) is 0 Å². The van der Waals surface area contributed by atoms with Crippen LogP contribution >= 0.6 is 0 Å². The summed E-state index contributed by atoms with van der Waals surface area (Å²) >= 11 is 0. The van der Waals surface area contributed by atoms with Crippen molar-refractivity contribution in [3.63, 3.8) is 0 Å². The molecule has 152 valence electrons. The summed E-state index contributed by atoms with van der Waals surface area (Å²) in [4.78, 5) is 7.83. The molecule has 27 heavy (non-hydrogen) atoms. The number of nitrogens with zero attached hydrogens (tertiary/aromatic N) is 2. The van der Waals surface area contributed by atoms with E-state index in [2.05, 4.69) is 25.9 Å². The Bertz CT molecular complexity index is 592. The summed E-state index contributed by atoms with van der Waals surface area (Å²) in [6.45, 7) is 3.40. The first-order valence-electron chi connectivity index (χ1n) is 8.90. The minimum absolute atomic E-state index is 0.178. The second-order valence-electron chi connectivity index (χ2n) is 5.96. The summed E-state index contributed by atoms with van der Waals surface area (Å²) < 4.78 is 49.6. The fraction of sp³-hybridized carbons (Fsp3) is 0.647. The molecule has 1 aromatic rings. The number of aliphatic imine (C=N–C) groups is 1. The van der Waals surface area contributed by atoms with Gasteiger partial charge >= 0.3 is 6.18 Å². The second-order valence-corrected chi connectivity index (χ2v) is 5.96. The van der Waals surface area contributed by atoms with Gasteiger partial charge in [-0.2, -0.15) is 13.2 Å². The summed E-state index contributed by atoms with van der Waals surface area (Å²) in [5.41, 5.74) is -0.778. The molecule has 1 atom stereocenters. The van der Waals surface area contributed by atoms with Crippen molar-refractivity contribution in [3.05, 3.63) is 23.9 Å². The van der Waals surface area contributed by atoms with Crippen molar-refractivity contribution in [1.82, 2.24) is 15.6 Å². The molecule has 1 unspecified atom stereocenters. The normalized spacial score (nSPS) is 17.8. The van der Waals surface area contributed by atoms with Gasteiger partial charge in [-0.25, -0.2) is 4.98 Å². The zero-order valence-corrected chi connectivity index (χ0v) is 15.3. The van der Waals surface area contributed by atoms with E-state index in [4.69, 9.17) is 9.47 Å². The zero-order valence-electron chi connectivity index (χ0n) is 15.3. The van der Waals surface area contributed by atoms with Gasteiger partial charge in [0.2, 0.25) is 0 Å². The Labute approximate surface area is 156 Å². The number of guanidine groups is 1. The number of alkyl halides is 3. The molecule has 1 fully saturated rings. The fourth-order valence-electron chi connectivity index (χ4n) is 2.53. The summed E-state index contributed by atoms with van der Waals surface area (Å²) in [7, 11) is 1.63. The topological polar surface area (TPSA) is 79.8 Å². The van der Waals surface area contributed by atoms with Gasteiger partial charge in [0.25, 0.3) is 0 Å². The van der Waals surface area contributed by atoms with E-state index in [0.29, 0.717) is 32.3 Å². The van der Waals surface area contributed by atoms with Crippen LogP contribution in [-0.4, -0.2) is 63.6 Å². The Morgan fingerprint density at radius 1 is 1.33 bits per heavy atom. The van der Waals surface area contributed by atoms with Gasteiger partial charge in [-0.15, -0.1) is 0 Å². The van der Waals surface area contributed by atoms with Gasteiger partial charge in [0.05, 0.1) is 18.3 Å². The monoisotopic (exact) mass is 389 g/mol. The molecule has 7 nitrogen and oxygen atoms in total. The lowest BCUT2D eigenvalue weighted by atomic mass is 10.2. The van der Waals surface area contributed by atoms with Crippen molar-refractivity contribution in [1.29, 1.82) is 0 Å². The number of pyridine rings is 1. The molecule has 1 aliphatic rings. The molecular weight excluding hydrogens is 363 g/mol. The molecule has 1 aromatic heterocycles. The fourth-order valence-corrected chi connectivity index (χ4v) is 2.53. The maximum absolute atomic E-state index is 12.9. The first kappa shape index (κ1) is 21.2. The van der Waals surface area contributed by atoms with Crippen LogP contribution in [0.4, 0.5) is 19.0 Å². The lowest BCUT2D eigenvalue weighted by Gasteiger charge is -2.15. The third kappa shape index (κ3) is 7.59. The first-order chi connectivity index (χ1) is 13.0. The number of hydrogen-bond donors (Lipinski definition) is 3. The summed E-state index contributed by atoms with van der Waals surface area (Å²) in [6, 6.07) is 2.27. The van der Waals surface area contributed by atoms with Crippen molar-refractivity contribution < 1.29 is 22.6 Å². The predicted octanol–water partition coefficient (Wildman–Crippen LogP) is 1.87. The van der Waals surface area contributed by atoms with E-state index in [1.807, 2.05) is 0 Å². The van der Waals surface area contributed by atoms with Crippen molar-refractivity contribution in [2.24, 2.45) is 4.99 Å². The third-order valence-corrected chi connectivity index (χ3v) is 3.90. The van der Waals surface area contributed by atoms with Crippen LogP contribution in [0.25, 0.3) is 0 Å². The Morgan fingerprint density at radius 3 is 2.85 bits per heavy atom.